The fraction of sp³-hybridized carbons (Fsp3) is 0.571. The Morgan fingerprint density at radius 1 is 1.29 bits per heavy atom. The number of hydrogen-bond donors (Lipinski definition) is 1. The number of benzene rings is 1. The van der Waals surface area contributed by atoms with E-state index in [0.29, 0.717) is 34.7 Å². The van der Waals surface area contributed by atoms with Crippen LogP contribution in [-0.4, -0.2) is 33.4 Å². The molecule has 0 saturated heterocycles. The average Bonchev–Trinajstić information content (AvgIpc) is 2.67. The van der Waals surface area contributed by atoms with Gasteiger partial charge in [-0.15, -0.1) is 0 Å². The first-order valence-electron chi connectivity index (χ1n) is 10.2. The third-order valence-corrected chi connectivity index (χ3v) is 5.33. The summed E-state index contributed by atoms with van der Waals surface area (Å²) in [6.07, 6.45) is 5.53. The predicted octanol–water partition coefficient (Wildman–Crippen LogP) is 3.08. The van der Waals surface area contributed by atoms with Crippen LogP contribution in [0.15, 0.2) is 23.0 Å². The molecule has 3 N–H and O–H groups in total. The number of rotatable bonds is 10. The highest BCUT2D eigenvalue weighted by molar-refractivity contribution is 6.31. The predicted molar refractivity (Wildman–Crippen MR) is 113 cm³/mol. The third kappa shape index (κ3) is 5.32. The maximum Gasteiger partial charge on any atom is 0.261 e. The number of carbonyl (C=O) groups excluding carboxylic acids is 1. The number of hydrogen-bond acceptors (Lipinski definition) is 3. The van der Waals surface area contributed by atoms with Gasteiger partial charge in [-0.1, -0.05) is 24.9 Å². The monoisotopic (exact) mass is 407 g/mol. The van der Waals surface area contributed by atoms with E-state index in [1.165, 1.54) is 0 Å². The molecule has 2 aromatic rings. The van der Waals surface area contributed by atoms with E-state index in [1.807, 2.05) is 18.7 Å². The van der Waals surface area contributed by atoms with Gasteiger partial charge >= 0.3 is 0 Å². The van der Waals surface area contributed by atoms with Crippen molar-refractivity contribution < 1.29 is 10.5 Å². The van der Waals surface area contributed by atoms with Gasteiger partial charge in [0.15, 0.2) is 0 Å². The van der Waals surface area contributed by atoms with Gasteiger partial charge in [0.2, 0.25) is 5.91 Å². The zero-order chi connectivity index (χ0) is 20.7. The highest BCUT2D eigenvalue weighted by atomic mass is 35.5. The number of fused-ring (bicyclic) bond motifs is 1. The SMILES string of the molecule is CCCC(=O)N(CCCCCC[NH3+])[C@H](C)c1nc2cc(Cl)ccc2c(=O)n1C. The minimum absolute atomic E-state index is 0.104. The lowest BCUT2D eigenvalue weighted by atomic mass is 10.1. The summed E-state index contributed by atoms with van der Waals surface area (Å²) < 4.78 is 1.55. The molecule has 1 atom stereocenters. The van der Waals surface area contributed by atoms with Crippen molar-refractivity contribution in [2.24, 2.45) is 7.05 Å². The van der Waals surface area contributed by atoms with Gasteiger partial charge in [-0.3, -0.25) is 14.2 Å². The molecule has 6 nitrogen and oxygen atoms in total. The average molecular weight is 408 g/mol. The van der Waals surface area contributed by atoms with Crippen LogP contribution in [0, 0.1) is 0 Å². The minimum Gasteiger partial charge on any atom is -0.358 e. The molecule has 7 heteroatoms. The molecular formula is C21H32ClN4O2+. The van der Waals surface area contributed by atoms with Crippen molar-refractivity contribution in [2.75, 3.05) is 13.1 Å². The highest BCUT2D eigenvalue weighted by Crippen LogP contribution is 2.23. The molecule has 1 amide bonds. The van der Waals surface area contributed by atoms with Gasteiger partial charge in [-0.05, 0) is 50.8 Å². The van der Waals surface area contributed by atoms with Gasteiger partial charge in [0.25, 0.3) is 5.56 Å². The maximum atomic E-state index is 12.8. The quantitative estimate of drug-likeness (QED) is 0.614. The summed E-state index contributed by atoms with van der Waals surface area (Å²) in [5, 5.41) is 1.07. The third-order valence-electron chi connectivity index (χ3n) is 5.10. The van der Waals surface area contributed by atoms with Gasteiger partial charge < -0.3 is 10.6 Å². The van der Waals surface area contributed by atoms with Gasteiger partial charge in [-0.2, -0.15) is 0 Å². The lowest BCUT2D eigenvalue weighted by molar-refractivity contribution is -0.368. The number of carbonyl (C=O) groups is 1. The lowest BCUT2D eigenvalue weighted by Crippen LogP contribution is -2.50. The number of aromatic nitrogens is 2. The molecule has 0 saturated carbocycles. The van der Waals surface area contributed by atoms with Gasteiger partial charge in [0, 0.05) is 25.0 Å². The molecule has 1 aromatic heterocycles. The highest BCUT2D eigenvalue weighted by Gasteiger charge is 2.24. The summed E-state index contributed by atoms with van der Waals surface area (Å²) in [5.41, 5.74) is 4.32. The van der Waals surface area contributed by atoms with Crippen LogP contribution in [0.2, 0.25) is 5.02 Å². The van der Waals surface area contributed by atoms with Crippen molar-refractivity contribution in [1.82, 2.24) is 14.5 Å². The van der Waals surface area contributed by atoms with Crippen LogP contribution >= 0.6 is 11.6 Å². The molecule has 0 unspecified atom stereocenters. The Kier molecular flexibility index (Phi) is 8.45. The van der Waals surface area contributed by atoms with E-state index < -0.39 is 0 Å². The zero-order valence-electron chi connectivity index (χ0n) is 17.2. The second kappa shape index (κ2) is 10.6. The first-order valence-corrected chi connectivity index (χ1v) is 10.5. The van der Waals surface area contributed by atoms with Gasteiger partial charge in [-0.25, -0.2) is 4.98 Å². The Morgan fingerprint density at radius 2 is 2.00 bits per heavy atom. The molecule has 0 aliphatic heterocycles. The molecule has 0 aliphatic carbocycles. The fourth-order valence-electron chi connectivity index (χ4n) is 3.48. The number of unbranched alkanes of at least 4 members (excludes halogenated alkanes) is 3. The molecule has 1 aromatic carbocycles. The van der Waals surface area contributed by atoms with Crippen LogP contribution in [0.1, 0.15) is 64.2 Å². The molecule has 28 heavy (non-hydrogen) atoms. The van der Waals surface area contributed by atoms with Crippen molar-refractivity contribution in [1.29, 1.82) is 0 Å². The van der Waals surface area contributed by atoms with E-state index in [2.05, 4.69) is 5.73 Å². The van der Waals surface area contributed by atoms with E-state index in [4.69, 9.17) is 16.6 Å². The topological polar surface area (TPSA) is 82.8 Å². The van der Waals surface area contributed by atoms with Crippen LogP contribution in [0.4, 0.5) is 0 Å². The molecule has 0 aliphatic rings. The van der Waals surface area contributed by atoms with E-state index in [1.54, 1.807) is 29.8 Å². The summed E-state index contributed by atoms with van der Waals surface area (Å²) in [5.74, 6) is 0.689. The lowest BCUT2D eigenvalue weighted by Gasteiger charge is -2.30. The molecular weight excluding hydrogens is 376 g/mol. The summed E-state index contributed by atoms with van der Waals surface area (Å²) in [4.78, 5) is 32.1. The standard InChI is InChI=1S/C21H31ClN4O2/c1-4-9-19(27)26(13-8-6-5-7-12-23)15(2)20-24-18-14-16(22)10-11-17(18)21(28)25(20)3/h10-11,14-15H,4-9,12-13,23H2,1-3H3/p+1/t15-/m1/s1. The Morgan fingerprint density at radius 3 is 2.68 bits per heavy atom. The number of halogens is 1. The Labute approximate surface area is 171 Å². The molecule has 2 rings (SSSR count). The Hall–Kier alpha value is -1.92. The second-order valence-corrected chi connectivity index (χ2v) is 7.71. The zero-order valence-corrected chi connectivity index (χ0v) is 18.0. The molecule has 0 spiro atoms. The second-order valence-electron chi connectivity index (χ2n) is 7.28. The maximum absolute atomic E-state index is 12.8. The molecule has 0 radical (unpaired) electrons. The van der Waals surface area contributed by atoms with E-state index >= 15 is 0 Å². The summed E-state index contributed by atoms with van der Waals surface area (Å²) in [6.45, 7) is 5.56. The Balaban J connectivity index is 2.33. The van der Waals surface area contributed by atoms with Gasteiger partial charge in [0.1, 0.15) is 5.82 Å². The van der Waals surface area contributed by atoms with E-state index in [-0.39, 0.29) is 17.5 Å². The van der Waals surface area contributed by atoms with Crippen LogP contribution in [0.3, 0.4) is 0 Å². The minimum atomic E-state index is -0.284. The van der Waals surface area contributed by atoms with Crippen LogP contribution in [0.25, 0.3) is 10.9 Å². The smallest absolute Gasteiger partial charge is 0.261 e. The molecule has 0 fully saturated rings. The summed E-state index contributed by atoms with van der Waals surface area (Å²) >= 11 is 6.09. The summed E-state index contributed by atoms with van der Waals surface area (Å²) in [7, 11) is 1.71. The van der Waals surface area contributed by atoms with Crippen molar-refractivity contribution >= 4 is 28.4 Å². The van der Waals surface area contributed by atoms with Crippen LogP contribution in [0.5, 0.6) is 0 Å². The van der Waals surface area contributed by atoms with Crippen molar-refractivity contribution in [3.63, 3.8) is 0 Å². The van der Waals surface area contributed by atoms with Crippen molar-refractivity contribution in [2.45, 2.75) is 58.4 Å². The molecule has 1 heterocycles. The fourth-order valence-corrected chi connectivity index (χ4v) is 3.64. The van der Waals surface area contributed by atoms with E-state index in [9.17, 15) is 9.59 Å². The number of nitrogens with zero attached hydrogens (tertiary/aromatic N) is 3. The normalized spacial score (nSPS) is 12.3. The summed E-state index contributed by atoms with van der Waals surface area (Å²) in [6, 6.07) is 4.81. The van der Waals surface area contributed by atoms with Crippen molar-refractivity contribution in [3.05, 3.63) is 39.4 Å². The Bertz CT molecular complexity index is 865. The van der Waals surface area contributed by atoms with Crippen molar-refractivity contribution in [3.8, 4) is 0 Å². The number of amides is 1. The molecule has 154 valence electrons. The molecule has 0 bridgehead atoms. The van der Waals surface area contributed by atoms with Crippen LogP contribution in [-0.2, 0) is 11.8 Å². The van der Waals surface area contributed by atoms with E-state index in [0.717, 1.165) is 38.6 Å². The number of quaternary nitrogens is 1. The van der Waals surface area contributed by atoms with Gasteiger partial charge in [0.05, 0.1) is 23.5 Å². The van der Waals surface area contributed by atoms with Crippen LogP contribution < -0.4 is 11.3 Å². The largest absolute Gasteiger partial charge is 0.358 e. The first-order chi connectivity index (χ1) is 13.4. The first kappa shape index (κ1) is 22.4.